The van der Waals surface area contributed by atoms with Gasteiger partial charge in [-0.1, -0.05) is 23.8 Å². The van der Waals surface area contributed by atoms with Crippen molar-refractivity contribution in [2.45, 2.75) is 33.8 Å². The number of benzene rings is 2. The summed E-state index contributed by atoms with van der Waals surface area (Å²) >= 11 is 0. The van der Waals surface area contributed by atoms with Crippen LogP contribution in [0.5, 0.6) is 5.75 Å². The number of phenolic OH excluding ortho intramolecular Hbond substituents is 1. The van der Waals surface area contributed by atoms with Crippen molar-refractivity contribution in [2.24, 2.45) is 0 Å². The summed E-state index contributed by atoms with van der Waals surface area (Å²) in [5, 5.41) is 19.2. The first-order chi connectivity index (χ1) is 9.43. The van der Waals surface area contributed by atoms with Crippen molar-refractivity contribution in [1.29, 1.82) is 0 Å². The smallest absolute Gasteiger partial charge is 0.143 e. The molecule has 0 saturated carbocycles. The minimum atomic E-state index is -0.548. The first-order valence-corrected chi connectivity index (χ1v) is 6.61. The van der Waals surface area contributed by atoms with Crippen molar-refractivity contribution in [1.82, 2.24) is 0 Å². The molecule has 0 bridgehead atoms. The van der Waals surface area contributed by atoms with Crippen LogP contribution in [0.1, 0.15) is 39.5 Å². The molecule has 0 aliphatic heterocycles. The van der Waals surface area contributed by atoms with Crippen LogP contribution in [-0.2, 0) is 4.89 Å². The van der Waals surface area contributed by atoms with Crippen molar-refractivity contribution < 1.29 is 15.3 Å². The van der Waals surface area contributed by atoms with E-state index in [1.807, 2.05) is 52.0 Å². The average molecular weight is 272 g/mol. The Morgan fingerprint density at radius 2 is 1.50 bits per heavy atom. The van der Waals surface area contributed by atoms with Gasteiger partial charge in [-0.15, -0.1) is 0 Å². The van der Waals surface area contributed by atoms with E-state index < -0.39 is 6.10 Å². The highest BCUT2D eigenvalue weighted by molar-refractivity contribution is 5.46. The van der Waals surface area contributed by atoms with Crippen LogP contribution in [0.25, 0.3) is 0 Å². The van der Waals surface area contributed by atoms with Crippen LogP contribution >= 0.6 is 0 Å². The lowest BCUT2D eigenvalue weighted by Crippen LogP contribution is -2.07. The van der Waals surface area contributed by atoms with E-state index in [-0.39, 0.29) is 5.75 Å². The summed E-state index contributed by atoms with van der Waals surface area (Å²) in [6.07, 6.45) is -0.548. The van der Waals surface area contributed by atoms with Crippen LogP contribution in [0, 0.1) is 27.7 Å². The Hall–Kier alpha value is -1.84. The van der Waals surface area contributed by atoms with Gasteiger partial charge in [-0.2, -0.15) is 0 Å². The molecular formula is C17H20O3. The Morgan fingerprint density at radius 1 is 0.900 bits per heavy atom. The van der Waals surface area contributed by atoms with Gasteiger partial charge in [-0.3, -0.25) is 5.26 Å². The maximum absolute atomic E-state index is 9.84. The molecule has 3 heteroatoms. The van der Waals surface area contributed by atoms with E-state index in [1.165, 1.54) is 5.56 Å². The second kappa shape index (κ2) is 5.65. The summed E-state index contributed by atoms with van der Waals surface area (Å²) in [5.41, 5.74) is 5.52. The number of hydrogen-bond acceptors (Lipinski definition) is 3. The average Bonchev–Trinajstić information content (AvgIpc) is 2.39. The molecule has 2 aromatic carbocycles. The zero-order chi connectivity index (χ0) is 14.9. The summed E-state index contributed by atoms with van der Waals surface area (Å²) in [6.45, 7) is 7.69. The molecule has 106 valence electrons. The van der Waals surface area contributed by atoms with E-state index in [0.717, 1.165) is 27.8 Å². The predicted octanol–water partition coefficient (Wildman–Crippen LogP) is 4.20. The predicted molar refractivity (Wildman–Crippen MR) is 79.1 cm³/mol. The molecule has 0 amide bonds. The summed E-state index contributed by atoms with van der Waals surface area (Å²) in [6, 6.07) is 9.68. The first kappa shape index (κ1) is 14.6. The van der Waals surface area contributed by atoms with Crippen molar-refractivity contribution in [3.63, 3.8) is 0 Å². The van der Waals surface area contributed by atoms with Crippen LogP contribution < -0.4 is 0 Å². The zero-order valence-corrected chi connectivity index (χ0v) is 12.3. The monoisotopic (exact) mass is 272 g/mol. The third kappa shape index (κ3) is 2.69. The molecule has 0 radical (unpaired) electrons. The molecule has 2 aromatic rings. The third-order valence-corrected chi connectivity index (χ3v) is 3.63. The lowest BCUT2D eigenvalue weighted by Gasteiger charge is -2.19. The molecule has 0 fully saturated rings. The fourth-order valence-electron chi connectivity index (χ4n) is 2.56. The minimum Gasteiger partial charge on any atom is -0.507 e. The van der Waals surface area contributed by atoms with Gasteiger partial charge in [0, 0.05) is 0 Å². The summed E-state index contributed by atoms with van der Waals surface area (Å²) in [4.78, 5) is 4.71. The molecule has 20 heavy (non-hydrogen) atoms. The van der Waals surface area contributed by atoms with Crippen LogP contribution in [0.2, 0.25) is 0 Å². The zero-order valence-electron chi connectivity index (χ0n) is 12.3. The maximum atomic E-state index is 9.84. The second-order valence-corrected chi connectivity index (χ2v) is 5.35. The molecule has 1 atom stereocenters. The summed E-state index contributed by atoms with van der Waals surface area (Å²) < 4.78 is 0. The second-order valence-electron chi connectivity index (χ2n) is 5.35. The molecule has 2 rings (SSSR count). The molecule has 0 aliphatic rings. The van der Waals surface area contributed by atoms with Gasteiger partial charge >= 0.3 is 0 Å². The Morgan fingerprint density at radius 3 is 2.00 bits per heavy atom. The lowest BCUT2D eigenvalue weighted by atomic mass is 9.94. The van der Waals surface area contributed by atoms with Crippen molar-refractivity contribution >= 4 is 0 Å². The molecule has 3 nitrogen and oxygen atoms in total. The highest BCUT2D eigenvalue weighted by Crippen LogP contribution is 2.32. The highest BCUT2D eigenvalue weighted by atomic mass is 17.1. The Labute approximate surface area is 119 Å². The molecular weight excluding hydrogens is 252 g/mol. The fraction of sp³-hybridized carbons (Fsp3) is 0.294. The van der Waals surface area contributed by atoms with Crippen LogP contribution in [-0.4, -0.2) is 10.4 Å². The van der Waals surface area contributed by atoms with E-state index in [4.69, 9.17) is 4.89 Å². The Bertz CT molecular complexity index is 609. The largest absolute Gasteiger partial charge is 0.507 e. The van der Waals surface area contributed by atoms with E-state index >= 15 is 0 Å². The van der Waals surface area contributed by atoms with Crippen molar-refractivity contribution in [3.8, 4) is 5.75 Å². The standard InChI is InChI=1S/C17H20O3/c1-10-5-6-15(11(2)7-10)17(20-19)14-8-12(3)16(18)13(4)9-14/h5-9,17-19H,1-4H3. The number of phenols is 1. The SMILES string of the molecule is Cc1ccc(C(OO)c2cc(C)c(O)c(C)c2)c(C)c1. The van der Waals surface area contributed by atoms with Crippen LogP contribution in [0.3, 0.4) is 0 Å². The van der Waals surface area contributed by atoms with Gasteiger partial charge in [0.05, 0.1) is 0 Å². The highest BCUT2D eigenvalue weighted by Gasteiger charge is 2.19. The quantitative estimate of drug-likeness (QED) is 0.650. The molecule has 0 aliphatic carbocycles. The van der Waals surface area contributed by atoms with E-state index in [2.05, 4.69) is 6.07 Å². The fourth-order valence-corrected chi connectivity index (χ4v) is 2.56. The Kier molecular flexibility index (Phi) is 4.12. The molecule has 0 heterocycles. The molecule has 1 unspecified atom stereocenters. The number of aryl methyl sites for hydroxylation is 4. The van der Waals surface area contributed by atoms with Gasteiger partial charge in [0.25, 0.3) is 0 Å². The van der Waals surface area contributed by atoms with Gasteiger partial charge in [-0.25, -0.2) is 4.89 Å². The molecule has 0 spiro atoms. The molecule has 0 aromatic heterocycles. The van der Waals surface area contributed by atoms with Crippen molar-refractivity contribution in [3.05, 3.63) is 63.7 Å². The van der Waals surface area contributed by atoms with E-state index in [0.29, 0.717) is 0 Å². The maximum Gasteiger partial charge on any atom is 0.143 e. The normalized spacial score (nSPS) is 12.4. The Balaban J connectivity index is 2.52. The van der Waals surface area contributed by atoms with Gasteiger partial charge in [0.2, 0.25) is 0 Å². The van der Waals surface area contributed by atoms with Gasteiger partial charge < -0.3 is 5.11 Å². The van der Waals surface area contributed by atoms with E-state index in [9.17, 15) is 10.4 Å². The van der Waals surface area contributed by atoms with Gasteiger partial charge in [-0.05, 0) is 67.6 Å². The van der Waals surface area contributed by atoms with Gasteiger partial charge in [0.15, 0.2) is 0 Å². The van der Waals surface area contributed by atoms with E-state index in [1.54, 1.807) is 0 Å². The van der Waals surface area contributed by atoms with Crippen LogP contribution in [0.4, 0.5) is 0 Å². The molecule has 0 saturated heterocycles. The third-order valence-electron chi connectivity index (χ3n) is 3.63. The van der Waals surface area contributed by atoms with Gasteiger partial charge in [0.1, 0.15) is 11.9 Å². The first-order valence-electron chi connectivity index (χ1n) is 6.61. The van der Waals surface area contributed by atoms with Crippen LogP contribution in [0.15, 0.2) is 30.3 Å². The number of aromatic hydroxyl groups is 1. The number of rotatable bonds is 3. The summed E-state index contributed by atoms with van der Waals surface area (Å²) in [7, 11) is 0. The minimum absolute atomic E-state index is 0.283. The lowest BCUT2D eigenvalue weighted by molar-refractivity contribution is -0.270. The van der Waals surface area contributed by atoms with Crippen molar-refractivity contribution in [2.75, 3.05) is 0 Å². The molecule has 2 N–H and O–H groups in total. The summed E-state index contributed by atoms with van der Waals surface area (Å²) in [5.74, 6) is 0.283. The number of hydrogen-bond donors (Lipinski definition) is 2. The topological polar surface area (TPSA) is 49.7 Å².